The normalized spacial score (nSPS) is 12.1. The van der Waals surface area contributed by atoms with E-state index in [2.05, 4.69) is 5.16 Å². The Morgan fingerprint density at radius 2 is 2.28 bits per heavy atom. The number of oxime groups is 1. The summed E-state index contributed by atoms with van der Waals surface area (Å²) in [6, 6.07) is 4.57. The van der Waals surface area contributed by atoms with Gasteiger partial charge in [0.25, 0.3) is 0 Å². The molecule has 0 saturated carbocycles. The molecule has 0 bridgehead atoms. The van der Waals surface area contributed by atoms with Gasteiger partial charge in [-0.25, -0.2) is 4.39 Å². The average molecular weight is 274 g/mol. The van der Waals surface area contributed by atoms with Crippen molar-refractivity contribution in [3.05, 3.63) is 34.6 Å². The predicted octanol–water partition coefficient (Wildman–Crippen LogP) is 2.44. The highest BCUT2D eigenvalue weighted by molar-refractivity contribution is 6.30. The number of rotatable bonds is 6. The molecule has 0 aromatic heterocycles. The second-order valence-electron chi connectivity index (χ2n) is 4.04. The van der Waals surface area contributed by atoms with Crippen LogP contribution < -0.4 is 5.73 Å². The molecule has 4 nitrogen and oxygen atoms in total. The second kappa shape index (κ2) is 7.18. The van der Waals surface area contributed by atoms with Gasteiger partial charge in [-0.2, -0.15) is 0 Å². The smallest absolute Gasteiger partial charge is 0.153 e. The molecule has 3 N–H and O–H groups in total. The third kappa shape index (κ3) is 4.50. The van der Waals surface area contributed by atoms with Crippen LogP contribution in [0.2, 0.25) is 5.02 Å². The molecule has 0 aliphatic heterocycles. The van der Waals surface area contributed by atoms with Crippen molar-refractivity contribution in [1.29, 1.82) is 0 Å². The van der Waals surface area contributed by atoms with Gasteiger partial charge in [-0.3, -0.25) is 4.90 Å². The minimum absolute atomic E-state index is 0.109. The minimum atomic E-state index is -0.344. The zero-order valence-electron chi connectivity index (χ0n) is 10.2. The van der Waals surface area contributed by atoms with Gasteiger partial charge in [-0.05, 0) is 25.1 Å². The molecule has 0 unspecified atom stereocenters. The van der Waals surface area contributed by atoms with Crippen LogP contribution in [0, 0.1) is 5.82 Å². The van der Waals surface area contributed by atoms with Gasteiger partial charge < -0.3 is 10.9 Å². The van der Waals surface area contributed by atoms with E-state index in [1.165, 1.54) is 6.07 Å². The van der Waals surface area contributed by atoms with Crippen LogP contribution in [0.3, 0.4) is 0 Å². The molecule has 0 aliphatic rings. The zero-order chi connectivity index (χ0) is 13.5. The molecular weight excluding hydrogens is 257 g/mol. The third-order valence-electron chi connectivity index (χ3n) is 2.46. The number of halogens is 2. The maximum absolute atomic E-state index is 13.6. The summed E-state index contributed by atoms with van der Waals surface area (Å²) in [4.78, 5) is 1.90. The lowest BCUT2D eigenvalue weighted by molar-refractivity contribution is 0.283. The van der Waals surface area contributed by atoms with Crippen molar-refractivity contribution in [3.8, 4) is 0 Å². The SMILES string of the molecule is CCCN(C/C(N)=N/O)Cc1ccc(Cl)cc1F. The molecule has 1 rings (SSSR count). The fourth-order valence-corrected chi connectivity index (χ4v) is 1.84. The first-order chi connectivity index (χ1) is 8.56. The van der Waals surface area contributed by atoms with Crippen LogP contribution in [0.5, 0.6) is 0 Å². The lowest BCUT2D eigenvalue weighted by Crippen LogP contribution is -2.34. The van der Waals surface area contributed by atoms with E-state index in [0.717, 1.165) is 13.0 Å². The maximum atomic E-state index is 13.6. The van der Waals surface area contributed by atoms with E-state index in [0.29, 0.717) is 23.7 Å². The van der Waals surface area contributed by atoms with Crippen molar-refractivity contribution >= 4 is 17.4 Å². The number of hydrogen-bond acceptors (Lipinski definition) is 3. The van der Waals surface area contributed by atoms with E-state index in [9.17, 15) is 4.39 Å². The summed E-state index contributed by atoms with van der Waals surface area (Å²) in [5, 5.41) is 11.9. The van der Waals surface area contributed by atoms with Crippen LogP contribution in [0.1, 0.15) is 18.9 Å². The summed E-state index contributed by atoms with van der Waals surface area (Å²) in [6.45, 7) is 3.44. The van der Waals surface area contributed by atoms with E-state index < -0.39 is 0 Å². The zero-order valence-corrected chi connectivity index (χ0v) is 11.0. The Kier molecular flexibility index (Phi) is 5.88. The molecule has 0 amide bonds. The fraction of sp³-hybridized carbons (Fsp3) is 0.417. The lowest BCUT2D eigenvalue weighted by atomic mass is 10.2. The molecule has 0 fully saturated rings. The molecule has 0 heterocycles. The molecule has 100 valence electrons. The molecule has 0 saturated heterocycles. The lowest BCUT2D eigenvalue weighted by Gasteiger charge is -2.21. The molecule has 6 heteroatoms. The quantitative estimate of drug-likeness (QED) is 0.362. The summed E-state index contributed by atoms with van der Waals surface area (Å²) >= 11 is 5.70. The van der Waals surface area contributed by atoms with Crippen LogP contribution in [0.15, 0.2) is 23.4 Å². The largest absolute Gasteiger partial charge is 0.409 e. The summed E-state index contributed by atoms with van der Waals surface area (Å²) in [5.41, 5.74) is 6.00. The highest BCUT2D eigenvalue weighted by Crippen LogP contribution is 2.16. The third-order valence-corrected chi connectivity index (χ3v) is 2.70. The highest BCUT2D eigenvalue weighted by Gasteiger charge is 2.11. The van der Waals surface area contributed by atoms with E-state index >= 15 is 0 Å². The monoisotopic (exact) mass is 273 g/mol. The van der Waals surface area contributed by atoms with Gasteiger partial charge in [-0.1, -0.05) is 29.7 Å². The Morgan fingerprint density at radius 1 is 1.56 bits per heavy atom. The number of nitrogens with two attached hydrogens (primary N) is 1. The van der Waals surface area contributed by atoms with Crippen LogP contribution in [-0.4, -0.2) is 29.0 Å². The molecule has 0 spiro atoms. The second-order valence-corrected chi connectivity index (χ2v) is 4.47. The molecule has 1 aromatic rings. The van der Waals surface area contributed by atoms with E-state index in [1.807, 2.05) is 11.8 Å². The summed E-state index contributed by atoms with van der Waals surface area (Å²) < 4.78 is 13.6. The standard InChI is InChI=1S/C12H17ClFN3O/c1-2-5-17(8-12(15)16-18)7-9-3-4-10(13)6-11(9)14/h3-4,6,18H,2,5,7-8H2,1H3,(H2,15,16). The number of hydrogen-bond donors (Lipinski definition) is 2. The van der Waals surface area contributed by atoms with Gasteiger partial charge in [0, 0.05) is 17.1 Å². The average Bonchev–Trinajstić information content (AvgIpc) is 2.32. The van der Waals surface area contributed by atoms with Crippen LogP contribution in [-0.2, 0) is 6.54 Å². The fourth-order valence-electron chi connectivity index (χ4n) is 1.68. The molecular formula is C12H17ClFN3O. The van der Waals surface area contributed by atoms with Crippen molar-refractivity contribution in [3.63, 3.8) is 0 Å². The Balaban J connectivity index is 2.76. The molecule has 0 atom stereocenters. The van der Waals surface area contributed by atoms with Crippen molar-refractivity contribution in [2.75, 3.05) is 13.1 Å². The van der Waals surface area contributed by atoms with Crippen molar-refractivity contribution in [1.82, 2.24) is 4.90 Å². The molecule has 1 aromatic carbocycles. The molecule has 18 heavy (non-hydrogen) atoms. The number of benzene rings is 1. The van der Waals surface area contributed by atoms with Gasteiger partial charge in [0.2, 0.25) is 0 Å². The van der Waals surface area contributed by atoms with E-state index in [4.69, 9.17) is 22.5 Å². The molecule has 0 aliphatic carbocycles. The number of amidine groups is 1. The summed E-state index contributed by atoms with van der Waals surface area (Å²) in [5.74, 6) is -0.235. The van der Waals surface area contributed by atoms with Crippen LogP contribution >= 0.6 is 11.6 Å². The van der Waals surface area contributed by atoms with Gasteiger partial charge in [0.05, 0.1) is 6.54 Å². The summed E-state index contributed by atoms with van der Waals surface area (Å²) in [7, 11) is 0. The number of nitrogens with zero attached hydrogens (tertiary/aromatic N) is 2. The Labute approximate surface area is 111 Å². The first-order valence-corrected chi connectivity index (χ1v) is 6.07. The summed E-state index contributed by atoms with van der Waals surface area (Å²) in [6.07, 6.45) is 0.897. The first kappa shape index (κ1) is 14.7. The Bertz CT molecular complexity index is 426. The van der Waals surface area contributed by atoms with Crippen LogP contribution in [0.25, 0.3) is 0 Å². The van der Waals surface area contributed by atoms with Gasteiger partial charge in [-0.15, -0.1) is 0 Å². The Hall–Kier alpha value is -1.33. The van der Waals surface area contributed by atoms with Crippen LogP contribution in [0.4, 0.5) is 4.39 Å². The van der Waals surface area contributed by atoms with Crippen molar-refractivity contribution in [2.45, 2.75) is 19.9 Å². The van der Waals surface area contributed by atoms with E-state index in [-0.39, 0.29) is 11.7 Å². The van der Waals surface area contributed by atoms with Crippen molar-refractivity contribution in [2.24, 2.45) is 10.9 Å². The maximum Gasteiger partial charge on any atom is 0.153 e. The molecule has 0 radical (unpaired) electrons. The van der Waals surface area contributed by atoms with Crippen molar-refractivity contribution < 1.29 is 9.60 Å². The van der Waals surface area contributed by atoms with Gasteiger partial charge >= 0.3 is 0 Å². The topological polar surface area (TPSA) is 61.8 Å². The van der Waals surface area contributed by atoms with E-state index in [1.54, 1.807) is 12.1 Å². The van der Waals surface area contributed by atoms with Gasteiger partial charge in [0.15, 0.2) is 5.84 Å². The van der Waals surface area contributed by atoms with Gasteiger partial charge in [0.1, 0.15) is 5.82 Å². The predicted molar refractivity (Wildman–Crippen MR) is 70.4 cm³/mol. The highest BCUT2D eigenvalue weighted by atomic mass is 35.5. The Morgan fingerprint density at radius 3 is 2.83 bits per heavy atom. The first-order valence-electron chi connectivity index (χ1n) is 5.69. The minimum Gasteiger partial charge on any atom is -0.409 e.